The molecule has 2 rings (SSSR count). The van der Waals surface area contributed by atoms with Crippen LogP contribution in [-0.4, -0.2) is 53.0 Å². The van der Waals surface area contributed by atoms with Gasteiger partial charge in [-0.1, -0.05) is 12.2 Å². The number of H-pyrrole nitrogens is 1. The van der Waals surface area contributed by atoms with Gasteiger partial charge < -0.3 is 34.4 Å². The molecule has 0 bridgehead atoms. The van der Waals surface area contributed by atoms with Crippen LogP contribution in [-0.2, 0) is 31.6 Å². The second-order valence-corrected chi connectivity index (χ2v) is 11.3. The van der Waals surface area contributed by atoms with Crippen LogP contribution < -0.4 is 0 Å². The van der Waals surface area contributed by atoms with E-state index in [4.69, 9.17) is 43.9 Å². The Labute approximate surface area is 184 Å². The molecule has 31 heavy (non-hydrogen) atoms. The van der Waals surface area contributed by atoms with E-state index in [0.29, 0.717) is 10.2 Å². The highest BCUT2D eigenvalue weighted by molar-refractivity contribution is 7.72. The molecule has 6 atom stereocenters. The van der Waals surface area contributed by atoms with E-state index in [-0.39, 0.29) is 4.77 Å². The second-order valence-electron chi connectivity index (χ2n) is 6.08. The predicted molar refractivity (Wildman–Crippen MR) is 104 cm³/mol. The highest BCUT2D eigenvalue weighted by atomic mass is 32.1. The highest BCUT2D eigenvalue weighted by Gasteiger charge is 2.47. The number of hydrogen-bond acceptors (Lipinski definition) is 11. The molecule has 1 aromatic rings. The van der Waals surface area contributed by atoms with E-state index < -0.39 is 54.4 Å². The van der Waals surface area contributed by atoms with Crippen LogP contribution >= 0.6 is 47.9 Å². The van der Waals surface area contributed by atoms with E-state index in [9.17, 15) is 29.0 Å². The van der Waals surface area contributed by atoms with Gasteiger partial charge in [0.1, 0.15) is 22.8 Å². The number of aliphatic hydroxyl groups is 1. The van der Waals surface area contributed by atoms with Gasteiger partial charge in [0, 0.05) is 11.8 Å². The largest absolute Gasteiger partial charge is 0.490 e. The number of phosphoric ester groups is 1. The van der Waals surface area contributed by atoms with Gasteiger partial charge >= 0.3 is 23.5 Å². The summed E-state index contributed by atoms with van der Waals surface area (Å²) in [7, 11) is -16.7. The van der Waals surface area contributed by atoms with Crippen molar-refractivity contribution in [3.05, 3.63) is 21.2 Å². The van der Waals surface area contributed by atoms with Gasteiger partial charge in [0.05, 0.1) is 12.7 Å². The Hall–Kier alpha value is -0.660. The number of phosphoric acid groups is 3. The van der Waals surface area contributed by atoms with Crippen LogP contribution in [0.15, 0.2) is 6.20 Å². The lowest BCUT2D eigenvalue weighted by Gasteiger charge is -2.19. The summed E-state index contributed by atoms with van der Waals surface area (Å²) in [6, 6.07) is 1.82. The first kappa shape index (κ1) is 26.6. The van der Waals surface area contributed by atoms with Gasteiger partial charge in [-0.25, -0.2) is 13.7 Å². The van der Waals surface area contributed by atoms with E-state index in [0.717, 1.165) is 0 Å². The number of aliphatic hydroxyl groups excluding tert-OH is 1. The van der Waals surface area contributed by atoms with Gasteiger partial charge in [0.2, 0.25) is 0 Å². The normalized spacial score (nSPS) is 27.9. The summed E-state index contributed by atoms with van der Waals surface area (Å²) in [4.78, 5) is 38.4. The number of aryl methyl sites for hydroxylation is 1. The fraction of sp³-hybridized carbons (Fsp3) is 0.545. The summed E-state index contributed by atoms with van der Waals surface area (Å²) in [6.45, 7) is 0.735. The monoisotopic (exact) mass is 539 g/mol. The third kappa shape index (κ3) is 7.16. The molecule has 1 aliphatic heterocycles. The maximum absolute atomic E-state index is 11.8. The third-order valence-electron chi connectivity index (χ3n) is 3.76. The van der Waals surface area contributed by atoms with Crippen molar-refractivity contribution < 1.29 is 56.3 Å². The predicted octanol–water partition coefficient (Wildman–Crippen LogP) is 1.32. The van der Waals surface area contributed by atoms with Crippen molar-refractivity contribution >= 4 is 47.9 Å². The molecule has 0 aliphatic carbocycles. The Bertz CT molecular complexity index is 1140. The van der Waals surface area contributed by atoms with Crippen LogP contribution in [0.5, 0.6) is 0 Å². The lowest BCUT2D eigenvalue weighted by molar-refractivity contribution is -0.0454. The van der Waals surface area contributed by atoms with Crippen molar-refractivity contribution in [1.29, 1.82) is 5.26 Å². The smallest absolute Gasteiger partial charge is 0.389 e. The van der Waals surface area contributed by atoms with Crippen molar-refractivity contribution in [3.63, 3.8) is 0 Å². The first-order chi connectivity index (χ1) is 14.1. The van der Waals surface area contributed by atoms with Crippen LogP contribution in [0.4, 0.5) is 0 Å². The Balaban J connectivity index is 2.15. The summed E-state index contributed by atoms with van der Waals surface area (Å²) < 4.78 is 52.7. The average Bonchev–Trinajstić information content (AvgIpc) is 2.88. The first-order valence-electron chi connectivity index (χ1n) is 7.89. The van der Waals surface area contributed by atoms with Crippen LogP contribution in [0.2, 0.25) is 0 Å². The van der Waals surface area contributed by atoms with Gasteiger partial charge in [0.25, 0.3) is 0 Å². The number of nitrogens with zero attached hydrogens (tertiary/aromatic N) is 2. The van der Waals surface area contributed by atoms with Crippen LogP contribution in [0.1, 0.15) is 11.8 Å². The van der Waals surface area contributed by atoms with Crippen LogP contribution in [0.3, 0.4) is 0 Å². The molecule has 20 heteroatoms. The molecule has 15 nitrogen and oxygen atoms in total. The molecule has 2 heterocycles. The quantitative estimate of drug-likeness (QED) is 0.202. The van der Waals surface area contributed by atoms with Crippen LogP contribution in [0.25, 0.3) is 0 Å². The number of aromatic amines is 1. The van der Waals surface area contributed by atoms with Crippen molar-refractivity contribution in [2.75, 3.05) is 6.61 Å². The molecule has 1 aliphatic rings. The summed E-state index contributed by atoms with van der Waals surface area (Å²) in [6.07, 6.45) is -2.61. The molecule has 174 valence electrons. The summed E-state index contributed by atoms with van der Waals surface area (Å²) in [5.74, 6) is -1.20. The number of aromatic nitrogens is 2. The van der Waals surface area contributed by atoms with Gasteiger partial charge in [-0.15, -0.1) is 0 Å². The lowest BCUT2D eigenvalue weighted by atomic mass is 10.0. The van der Waals surface area contributed by atoms with Crippen molar-refractivity contribution in [3.8, 4) is 6.07 Å². The molecule has 1 saturated heterocycles. The van der Waals surface area contributed by atoms with Crippen molar-refractivity contribution in [2.24, 2.45) is 5.92 Å². The molecule has 0 aromatic carbocycles. The zero-order chi connectivity index (χ0) is 23.8. The van der Waals surface area contributed by atoms with E-state index >= 15 is 0 Å². The highest BCUT2D eigenvalue weighted by Crippen LogP contribution is 2.66. The Kier molecular flexibility index (Phi) is 8.30. The second kappa shape index (κ2) is 9.68. The maximum Gasteiger partial charge on any atom is 0.490 e. The molecule has 0 amide bonds. The topological polar surface area (TPSA) is 234 Å². The van der Waals surface area contributed by atoms with Crippen molar-refractivity contribution in [1.82, 2.24) is 9.55 Å². The minimum absolute atomic E-state index is 0.0709. The van der Waals surface area contributed by atoms with Gasteiger partial charge in [0.15, 0.2) is 11.0 Å². The molecule has 6 N–H and O–H groups in total. The van der Waals surface area contributed by atoms with Gasteiger partial charge in [-0.05, 0) is 19.1 Å². The standard InChI is InChI=1S/C11H16N3O12P3S2/c1-5-3-14(11(31)13-9(5)30)10-6(2-12)8(15)7(24-10)4-23-28(19,20)26-29(21,22)25-27(16,17)18/h3,6-8,10,15H,4H2,1H3,(H,19,20)(H,21,22)(H,13,30,31)(H2,16,17,18)/t6-,7+,8?,10+/m1/s1. The van der Waals surface area contributed by atoms with Gasteiger partial charge in [-0.3, -0.25) is 9.09 Å². The fourth-order valence-corrected chi connectivity index (χ4v) is 6.01. The molecule has 0 spiro atoms. The summed E-state index contributed by atoms with van der Waals surface area (Å²) in [5.41, 5.74) is 0.579. The molecule has 0 radical (unpaired) electrons. The van der Waals surface area contributed by atoms with E-state index in [1.807, 2.05) is 6.07 Å². The zero-order valence-corrected chi connectivity index (χ0v) is 19.6. The number of nitriles is 1. The van der Waals surface area contributed by atoms with Crippen LogP contribution in [0, 0.1) is 33.6 Å². The minimum atomic E-state index is -5.70. The number of ether oxygens (including phenoxy) is 1. The third-order valence-corrected chi connectivity index (χ3v) is 8.30. The van der Waals surface area contributed by atoms with Gasteiger partial charge in [-0.2, -0.15) is 13.9 Å². The zero-order valence-electron chi connectivity index (χ0n) is 15.2. The molecule has 0 saturated carbocycles. The Morgan fingerprint density at radius 2 is 1.84 bits per heavy atom. The van der Waals surface area contributed by atoms with E-state index in [1.165, 1.54) is 10.8 Å². The number of hydrogen-bond donors (Lipinski definition) is 6. The van der Waals surface area contributed by atoms with E-state index in [2.05, 4.69) is 18.1 Å². The molecule has 1 fully saturated rings. The number of rotatable bonds is 8. The van der Waals surface area contributed by atoms with Crippen molar-refractivity contribution in [2.45, 2.75) is 25.4 Å². The van der Waals surface area contributed by atoms with E-state index in [1.54, 1.807) is 6.92 Å². The Morgan fingerprint density at radius 3 is 2.39 bits per heavy atom. The minimum Gasteiger partial charge on any atom is -0.389 e. The Morgan fingerprint density at radius 1 is 1.23 bits per heavy atom. The fourth-order valence-electron chi connectivity index (χ4n) is 2.51. The molecule has 1 aromatic heterocycles. The number of nitrogens with one attached hydrogen (secondary N) is 1. The molecular weight excluding hydrogens is 523 g/mol. The summed E-state index contributed by atoms with van der Waals surface area (Å²) in [5, 5.41) is 19.7. The summed E-state index contributed by atoms with van der Waals surface area (Å²) >= 11 is 10.2. The average molecular weight is 539 g/mol. The molecule has 3 unspecified atom stereocenters. The lowest BCUT2D eigenvalue weighted by Crippen LogP contribution is -2.29. The first-order valence-corrected chi connectivity index (χ1v) is 13.2. The SMILES string of the molecule is Cc1cn([C@H]2O[C@@H](COP(=O)(O)OP(=O)(O)OP(=O)(O)O)C(O)[C@H]2C#N)c(=S)[nH]c1=S. The molecular formula is C11H16N3O12P3S2. The maximum atomic E-state index is 11.8.